The monoisotopic (exact) mass is 184 g/mol. The summed E-state index contributed by atoms with van der Waals surface area (Å²) in [7, 11) is 1.38. The number of hydrogen-bond donors (Lipinski definition) is 0. The van der Waals surface area contributed by atoms with Gasteiger partial charge < -0.3 is 9.53 Å². The van der Waals surface area contributed by atoms with Gasteiger partial charge in [-0.2, -0.15) is 0 Å². The summed E-state index contributed by atoms with van der Waals surface area (Å²) >= 11 is 0. The predicted molar refractivity (Wildman–Crippen MR) is 48.1 cm³/mol. The molecule has 1 saturated carbocycles. The molecule has 1 rings (SSSR count). The fourth-order valence-electron chi connectivity index (χ4n) is 2.04. The van der Waals surface area contributed by atoms with Crippen LogP contribution in [0.15, 0.2) is 0 Å². The van der Waals surface area contributed by atoms with Crippen LogP contribution in [0.3, 0.4) is 0 Å². The molecular weight excluding hydrogens is 168 g/mol. The van der Waals surface area contributed by atoms with Gasteiger partial charge in [-0.25, -0.2) is 0 Å². The van der Waals surface area contributed by atoms with Crippen LogP contribution < -0.4 is 0 Å². The van der Waals surface area contributed by atoms with Crippen LogP contribution in [0, 0.1) is 11.3 Å². The number of esters is 1. The van der Waals surface area contributed by atoms with Crippen LogP contribution in [0.2, 0.25) is 0 Å². The Morgan fingerprint density at radius 2 is 2.38 bits per heavy atom. The fourth-order valence-corrected chi connectivity index (χ4v) is 2.04. The van der Waals surface area contributed by atoms with Crippen LogP contribution in [0.5, 0.6) is 0 Å². The number of rotatable bonds is 3. The fraction of sp³-hybridized carbons (Fsp3) is 0.800. The highest BCUT2D eigenvalue weighted by Crippen LogP contribution is 2.43. The van der Waals surface area contributed by atoms with Crippen molar-refractivity contribution >= 4 is 12.3 Å². The molecule has 74 valence electrons. The van der Waals surface area contributed by atoms with Crippen molar-refractivity contribution in [2.45, 2.75) is 32.6 Å². The second kappa shape index (κ2) is 3.90. The first kappa shape index (κ1) is 10.2. The maximum Gasteiger partial charge on any atom is 0.305 e. The highest BCUT2D eigenvalue weighted by Gasteiger charge is 2.39. The quantitative estimate of drug-likeness (QED) is 0.493. The largest absolute Gasteiger partial charge is 0.469 e. The van der Waals surface area contributed by atoms with Gasteiger partial charge in [0.25, 0.3) is 0 Å². The van der Waals surface area contributed by atoms with Gasteiger partial charge in [0.15, 0.2) is 0 Å². The van der Waals surface area contributed by atoms with E-state index in [0.29, 0.717) is 6.42 Å². The van der Waals surface area contributed by atoms with E-state index in [1.54, 1.807) is 0 Å². The summed E-state index contributed by atoms with van der Waals surface area (Å²) in [5, 5.41) is 0. The first-order chi connectivity index (χ1) is 6.12. The highest BCUT2D eigenvalue weighted by atomic mass is 16.5. The molecule has 0 amide bonds. The van der Waals surface area contributed by atoms with Crippen molar-refractivity contribution in [3.8, 4) is 0 Å². The minimum Gasteiger partial charge on any atom is -0.469 e. The van der Waals surface area contributed by atoms with E-state index in [4.69, 9.17) is 0 Å². The summed E-state index contributed by atoms with van der Waals surface area (Å²) in [6.45, 7) is 1.93. The van der Waals surface area contributed by atoms with E-state index in [1.807, 2.05) is 6.92 Å². The van der Waals surface area contributed by atoms with Gasteiger partial charge in [-0.15, -0.1) is 0 Å². The first-order valence-corrected chi connectivity index (χ1v) is 4.65. The molecule has 0 aromatic heterocycles. The molecule has 0 bridgehead atoms. The third-order valence-corrected chi connectivity index (χ3v) is 3.11. The Hall–Kier alpha value is -0.860. The van der Waals surface area contributed by atoms with E-state index in [0.717, 1.165) is 25.5 Å². The Kier molecular flexibility index (Phi) is 3.07. The summed E-state index contributed by atoms with van der Waals surface area (Å²) in [4.78, 5) is 21.9. The second-order valence-corrected chi connectivity index (χ2v) is 3.99. The van der Waals surface area contributed by atoms with Crippen molar-refractivity contribution in [3.05, 3.63) is 0 Å². The molecule has 1 fully saturated rings. The number of ether oxygens (including phenoxy) is 1. The molecule has 0 saturated heterocycles. The molecule has 0 aromatic carbocycles. The smallest absolute Gasteiger partial charge is 0.305 e. The minimum absolute atomic E-state index is 0.178. The number of aldehydes is 1. The number of methoxy groups -OCH3 is 1. The van der Waals surface area contributed by atoms with Gasteiger partial charge in [0, 0.05) is 11.8 Å². The summed E-state index contributed by atoms with van der Waals surface area (Å²) < 4.78 is 4.60. The van der Waals surface area contributed by atoms with Crippen LogP contribution in [0.4, 0.5) is 0 Å². The molecule has 0 aromatic rings. The molecule has 3 nitrogen and oxygen atoms in total. The lowest BCUT2D eigenvalue weighted by Gasteiger charge is -2.23. The average Bonchev–Trinajstić information content (AvgIpc) is 2.49. The van der Waals surface area contributed by atoms with Gasteiger partial charge in [-0.05, 0) is 18.8 Å². The number of carbonyl (C=O) groups excluding carboxylic acids is 2. The molecular formula is C10H16O3. The third kappa shape index (κ3) is 2.08. The van der Waals surface area contributed by atoms with E-state index in [9.17, 15) is 9.59 Å². The van der Waals surface area contributed by atoms with Crippen molar-refractivity contribution in [1.82, 2.24) is 0 Å². The van der Waals surface area contributed by atoms with Crippen molar-refractivity contribution in [2.75, 3.05) is 7.11 Å². The minimum atomic E-state index is -0.297. The number of carbonyl (C=O) groups is 2. The zero-order valence-electron chi connectivity index (χ0n) is 8.21. The zero-order chi connectivity index (χ0) is 9.90. The van der Waals surface area contributed by atoms with Crippen LogP contribution in [-0.4, -0.2) is 19.4 Å². The van der Waals surface area contributed by atoms with Crippen molar-refractivity contribution in [2.24, 2.45) is 11.3 Å². The normalized spacial score (nSPS) is 32.9. The van der Waals surface area contributed by atoms with Gasteiger partial charge in [0.05, 0.1) is 7.11 Å². The maximum atomic E-state index is 11.0. The molecule has 2 atom stereocenters. The third-order valence-electron chi connectivity index (χ3n) is 3.11. The van der Waals surface area contributed by atoms with Crippen molar-refractivity contribution in [3.63, 3.8) is 0 Å². The average molecular weight is 184 g/mol. The lowest BCUT2D eigenvalue weighted by atomic mass is 9.79. The molecule has 0 N–H and O–H groups in total. The zero-order valence-corrected chi connectivity index (χ0v) is 8.21. The van der Waals surface area contributed by atoms with Crippen molar-refractivity contribution in [1.29, 1.82) is 0 Å². The molecule has 2 unspecified atom stereocenters. The summed E-state index contributed by atoms with van der Waals surface area (Å²) in [5.74, 6) is -0.0302. The summed E-state index contributed by atoms with van der Waals surface area (Å²) in [6, 6.07) is 0. The summed E-state index contributed by atoms with van der Waals surface area (Å²) in [5.41, 5.74) is -0.297. The van der Waals surface area contributed by atoms with Crippen LogP contribution >= 0.6 is 0 Å². The van der Waals surface area contributed by atoms with Gasteiger partial charge in [-0.1, -0.05) is 13.3 Å². The second-order valence-electron chi connectivity index (χ2n) is 3.99. The first-order valence-electron chi connectivity index (χ1n) is 4.65. The van der Waals surface area contributed by atoms with Crippen LogP contribution in [0.1, 0.15) is 32.6 Å². The highest BCUT2D eigenvalue weighted by molar-refractivity contribution is 5.71. The van der Waals surface area contributed by atoms with Gasteiger partial charge in [-0.3, -0.25) is 4.79 Å². The lowest BCUT2D eigenvalue weighted by molar-refractivity contribution is -0.142. The molecule has 0 heterocycles. The standard InChI is InChI=1S/C10H16O3/c1-10(7-11)5-3-4-8(10)6-9(12)13-2/h7-8H,3-6H2,1-2H3. The van der Waals surface area contributed by atoms with Gasteiger partial charge in [0.1, 0.15) is 6.29 Å². The molecule has 0 spiro atoms. The molecule has 0 radical (unpaired) electrons. The molecule has 1 aliphatic carbocycles. The topological polar surface area (TPSA) is 43.4 Å². The lowest BCUT2D eigenvalue weighted by Crippen LogP contribution is -2.25. The Balaban J connectivity index is 2.58. The summed E-state index contributed by atoms with van der Waals surface area (Å²) in [6.07, 6.45) is 4.28. The van der Waals surface area contributed by atoms with E-state index in [1.165, 1.54) is 7.11 Å². The van der Waals surface area contributed by atoms with E-state index >= 15 is 0 Å². The van der Waals surface area contributed by atoms with Crippen LogP contribution in [-0.2, 0) is 14.3 Å². The van der Waals surface area contributed by atoms with Gasteiger partial charge >= 0.3 is 5.97 Å². The van der Waals surface area contributed by atoms with Crippen LogP contribution in [0.25, 0.3) is 0 Å². The number of hydrogen-bond acceptors (Lipinski definition) is 3. The van der Waals surface area contributed by atoms with E-state index in [2.05, 4.69) is 4.74 Å². The molecule has 0 aliphatic heterocycles. The van der Waals surface area contributed by atoms with E-state index < -0.39 is 0 Å². The van der Waals surface area contributed by atoms with E-state index in [-0.39, 0.29) is 17.3 Å². The molecule has 1 aliphatic rings. The molecule has 13 heavy (non-hydrogen) atoms. The van der Waals surface area contributed by atoms with Gasteiger partial charge in [0.2, 0.25) is 0 Å². The Morgan fingerprint density at radius 3 is 2.92 bits per heavy atom. The van der Waals surface area contributed by atoms with Crippen molar-refractivity contribution < 1.29 is 14.3 Å². The Labute approximate surface area is 78.5 Å². The SMILES string of the molecule is COC(=O)CC1CCCC1(C)C=O. The predicted octanol–water partition coefficient (Wildman–Crippen LogP) is 1.55. The maximum absolute atomic E-state index is 11.0. The molecule has 3 heteroatoms. The Bertz CT molecular complexity index is 212. The Morgan fingerprint density at radius 1 is 1.69 bits per heavy atom.